The highest BCUT2D eigenvalue weighted by Gasteiger charge is 2.34. The van der Waals surface area contributed by atoms with Crippen LogP contribution in [0, 0.1) is 6.92 Å². The molecule has 22 heavy (non-hydrogen) atoms. The fraction of sp³-hybridized carbons (Fsp3) is 0.533. The Morgan fingerprint density at radius 1 is 1.32 bits per heavy atom. The lowest BCUT2D eigenvalue weighted by Crippen LogP contribution is -2.48. The number of furan rings is 1. The summed E-state index contributed by atoms with van der Waals surface area (Å²) in [6.45, 7) is 2.16. The van der Waals surface area contributed by atoms with Gasteiger partial charge in [-0.05, 0) is 13.3 Å². The molecule has 0 spiro atoms. The van der Waals surface area contributed by atoms with Gasteiger partial charge in [-0.1, -0.05) is 0 Å². The predicted molar refractivity (Wildman–Crippen MR) is 74.0 cm³/mol. The summed E-state index contributed by atoms with van der Waals surface area (Å²) in [6.07, 6.45) is 0.824. The molecular weight excluding hydrogens is 290 g/mol. The molecule has 118 valence electrons. The van der Waals surface area contributed by atoms with Crippen molar-refractivity contribution in [2.75, 3.05) is 19.7 Å². The summed E-state index contributed by atoms with van der Waals surface area (Å²) >= 11 is 0. The number of nitrogens with zero attached hydrogens (tertiary/aromatic N) is 1. The van der Waals surface area contributed by atoms with Crippen LogP contribution in [0.25, 0.3) is 0 Å². The quantitative estimate of drug-likeness (QED) is 0.876. The van der Waals surface area contributed by atoms with Gasteiger partial charge in [-0.15, -0.1) is 0 Å². The van der Waals surface area contributed by atoms with Crippen LogP contribution in [0.5, 0.6) is 0 Å². The Bertz CT molecular complexity index is 647. The van der Waals surface area contributed by atoms with E-state index in [1.54, 1.807) is 6.92 Å². The largest absolute Gasteiger partial charge is 0.479 e. The summed E-state index contributed by atoms with van der Waals surface area (Å²) < 4.78 is 10.7. The molecule has 1 atom stereocenters. The molecule has 1 fully saturated rings. The van der Waals surface area contributed by atoms with E-state index in [2.05, 4.69) is 0 Å². The Morgan fingerprint density at radius 2 is 2.09 bits per heavy atom. The van der Waals surface area contributed by atoms with Crippen molar-refractivity contribution in [1.82, 2.24) is 4.90 Å². The van der Waals surface area contributed by atoms with Gasteiger partial charge in [0.1, 0.15) is 5.76 Å². The highest BCUT2D eigenvalue weighted by Crippen LogP contribution is 2.30. The summed E-state index contributed by atoms with van der Waals surface area (Å²) in [6, 6.07) is 0. The number of carboxylic acid groups (broad SMARTS) is 1. The zero-order valence-corrected chi connectivity index (χ0v) is 12.3. The van der Waals surface area contributed by atoms with E-state index in [1.807, 2.05) is 0 Å². The Morgan fingerprint density at radius 3 is 2.77 bits per heavy atom. The molecule has 0 aromatic carbocycles. The molecule has 7 nitrogen and oxygen atoms in total. The summed E-state index contributed by atoms with van der Waals surface area (Å²) in [5.74, 6) is -0.754. The van der Waals surface area contributed by atoms with Crippen molar-refractivity contribution in [3.05, 3.63) is 22.6 Å². The number of hydrogen-bond acceptors (Lipinski definition) is 5. The van der Waals surface area contributed by atoms with Gasteiger partial charge in [-0.2, -0.15) is 0 Å². The summed E-state index contributed by atoms with van der Waals surface area (Å²) in [4.78, 5) is 37.0. The zero-order chi connectivity index (χ0) is 15.9. The average molecular weight is 307 g/mol. The predicted octanol–water partition coefficient (Wildman–Crippen LogP) is 1.03. The molecule has 1 saturated heterocycles. The first kappa shape index (κ1) is 14.8. The van der Waals surface area contributed by atoms with Crippen LogP contribution in [-0.2, 0) is 16.0 Å². The molecule has 1 aliphatic heterocycles. The van der Waals surface area contributed by atoms with Gasteiger partial charge in [0.25, 0.3) is 5.91 Å². The van der Waals surface area contributed by atoms with Crippen LogP contribution in [0.15, 0.2) is 4.42 Å². The number of ketones is 1. The minimum absolute atomic E-state index is 0.00643. The summed E-state index contributed by atoms with van der Waals surface area (Å²) in [5, 5.41) is 9.00. The van der Waals surface area contributed by atoms with Gasteiger partial charge in [0, 0.05) is 24.9 Å². The lowest BCUT2D eigenvalue weighted by atomic mass is 9.94. The van der Waals surface area contributed by atoms with Crippen LogP contribution in [0.1, 0.15) is 45.1 Å². The summed E-state index contributed by atoms with van der Waals surface area (Å²) in [5.41, 5.74) is 1.08. The maximum absolute atomic E-state index is 12.6. The third kappa shape index (κ3) is 2.41. The lowest BCUT2D eigenvalue weighted by molar-refractivity contribution is -0.154. The molecule has 0 radical (unpaired) electrons. The number of hydrogen-bond donors (Lipinski definition) is 1. The van der Waals surface area contributed by atoms with Crippen molar-refractivity contribution >= 4 is 17.7 Å². The number of amides is 1. The fourth-order valence-electron chi connectivity index (χ4n) is 2.98. The molecule has 2 aliphatic rings. The number of rotatable bonds is 2. The first-order chi connectivity index (χ1) is 10.5. The van der Waals surface area contributed by atoms with Crippen LogP contribution in [0.2, 0.25) is 0 Å². The third-order valence-electron chi connectivity index (χ3n) is 4.13. The van der Waals surface area contributed by atoms with Gasteiger partial charge in [-0.25, -0.2) is 4.79 Å². The molecule has 7 heteroatoms. The Balaban J connectivity index is 1.86. The molecule has 2 heterocycles. The zero-order valence-electron chi connectivity index (χ0n) is 12.3. The van der Waals surface area contributed by atoms with Crippen LogP contribution in [-0.4, -0.2) is 53.5 Å². The van der Waals surface area contributed by atoms with Crippen molar-refractivity contribution in [3.63, 3.8) is 0 Å². The van der Waals surface area contributed by atoms with E-state index < -0.39 is 12.1 Å². The van der Waals surface area contributed by atoms with E-state index >= 15 is 0 Å². The maximum Gasteiger partial charge on any atom is 0.334 e. The molecule has 0 bridgehead atoms. The van der Waals surface area contributed by atoms with Gasteiger partial charge < -0.3 is 19.2 Å². The van der Waals surface area contributed by atoms with Crippen molar-refractivity contribution in [2.45, 2.75) is 32.3 Å². The number of aryl methyl sites for hydroxylation is 1. The van der Waals surface area contributed by atoms with E-state index in [9.17, 15) is 14.4 Å². The Labute approximate surface area is 126 Å². The van der Waals surface area contributed by atoms with Crippen LogP contribution >= 0.6 is 0 Å². The molecule has 3 rings (SSSR count). The SMILES string of the molecule is Cc1c(C(=O)N2CCOC(C(=O)O)C2)oc2c1C(=O)CCC2. The number of ether oxygens (including phenoxy) is 1. The minimum Gasteiger partial charge on any atom is -0.479 e. The highest BCUT2D eigenvalue weighted by molar-refractivity contribution is 6.03. The van der Waals surface area contributed by atoms with Crippen molar-refractivity contribution < 1.29 is 28.6 Å². The van der Waals surface area contributed by atoms with Crippen molar-refractivity contribution in [2.24, 2.45) is 0 Å². The second-order valence-electron chi connectivity index (χ2n) is 5.58. The normalized spacial score (nSPS) is 21.6. The number of Topliss-reactive ketones (excluding diaryl/α,β-unsaturated/α-hetero) is 1. The van der Waals surface area contributed by atoms with Gasteiger partial charge in [0.2, 0.25) is 0 Å². The molecule has 1 aromatic heterocycles. The molecule has 1 N–H and O–H groups in total. The van der Waals surface area contributed by atoms with Crippen LogP contribution in [0.4, 0.5) is 0 Å². The first-order valence-corrected chi connectivity index (χ1v) is 7.28. The van der Waals surface area contributed by atoms with E-state index in [1.165, 1.54) is 4.90 Å². The van der Waals surface area contributed by atoms with E-state index in [0.29, 0.717) is 36.3 Å². The van der Waals surface area contributed by atoms with E-state index in [0.717, 1.165) is 6.42 Å². The lowest BCUT2D eigenvalue weighted by Gasteiger charge is -2.30. The number of carbonyl (C=O) groups excluding carboxylic acids is 2. The van der Waals surface area contributed by atoms with Gasteiger partial charge >= 0.3 is 5.97 Å². The number of fused-ring (bicyclic) bond motifs is 1. The number of carbonyl (C=O) groups is 3. The van der Waals surface area contributed by atoms with Crippen LogP contribution < -0.4 is 0 Å². The number of aliphatic carboxylic acids is 1. The Hall–Kier alpha value is -2.15. The minimum atomic E-state index is -1.09. The van der Waals surface area contributed by atoms with Gasteiger partial charge in [0.05, 0.1) is 18.7 Å². The second kappa shape index (κ2) is 5.57. The summed E-state index contributed by atoms with van der Waals surface area (Å²) in [7, 11) is 0. The second-order valence-corrected chi connectivity index (χ2v) is 5.58. The molecule has 1 unspecified atom stereocenters. The molecule has 1 amide bonds. The third-order valence-corrected chi connectivity index (χ3v) is 4.13. The first-order valence-electron chi connectivity index (χ1n) is 7.28. The fourth-order valence-corrected chi connectivity index (χ4v) is 2.98. The number of morpholine rings is 1. The smallest absolute Gasteiger partial charge is 0.334 e. The molecule has 0 saturated carbocycles. The monoisotopic (exact) mass is 307 g/mol. The average Bonchev–Trinajstić information content (AvgIpc) is 2.85. The molecular formula is C15H17NO6. The van der Waals surface area contributed by atoms with Crippen LogP contribution in [0.3, 0.4) is 0 Å². The molecule has 1 aromatic rings. The van der Waals surface area contributed by atoms with Gasteiger partial charge in [-0.3, -0.25) is 9.59 Å². The maximum atomic E-state index is 12.6. The highest BCUT2D eigenvalue weighted by atomic mass is 16.5. The standard InChI is InChI=1S/C15H17NO6/c1-8-12-9(17)3-2-4-10(12)22-13(8)14(18)16-5-6-21-11(7-16)15(19)20/h11H,2-7H2,1H3,(H,19,20). The molecule has 1 aliphatic carbocycles. The van der Waals surface area contributed by atoms with E-state index in [4.69, 9.17) is 14.3 Å². The Kier molecular flexibility index (Phi) is 3.74. The number of carboxylic acids is 1. The van der Waals surface area contributed by atoms with Gasteiger partial charge in [0.15, 0.2) is 17.6 Å². The van der Waals surface area contributed by atoms with E-state index in [-0.39, 0.29) is 30.6 Å². The van der Waals surface area contributed by atoms with Crippen molar-refractivity contribution in [1.29, 1.82) is 0 Å². The topological polar surface area (TPSA) is 97.1 Å². The van der Waals surface area contributed by atoms with Crippen molar-refractivity contribution in [3.8, 4) is 0 Å².